The summed E-state index contributed by atoms with van der Waals surface area (Å²) in [5.74, 6) is 1.28. The number of Topliss-reactive ketones (excluding diaryl/α,β-unsaturated/α-hetero) is 1. The number of benzene rings is 16. The largest absolute Gasteiger partial charge is 0.492 e. The molecule has 16 aromatic carbocycles. The molecule has 684 valence electrons. The SMILES string of the molecule is Cc1cc2c3c(c1)C1(CCCC1)c1cc(C)cc(c1-3)C2(C)C.Cc1ccc2c(c1)C1(CC(=O)c3ccccc31)c1cc(C)ccc1-2.Cc1ccc2c(c1)C1(CCN(c3ccccc3)CC1)c1cc(C)ccc1-2.Cc1ccc2c(c1)C1(CCc3ccccc31)c1cc(C)ccc1-2.Cc1ccc2c(c1)C1(COc3ccccc31)c1cc(C)ccc1-2.Cc1ccc2c(c1)[Si]1(CCCCC1)c1cc(C)ccc1-2. The van der Waals surface area contributed by atoms with Gasteiger partial charge in [-0.1, -0.05) is 404 Å². The van der Waals surface area contributed by atoms with Gasteiger partial charge in [-0.2, -0.15) is 0 Å². The summed E-state index contributed by atoms with van der Waals surface area (Å²) in [6.45, 7) is 34.3. The van der Waals surface area contributed by atoms with E-state index in [1.165, 1.54) is 255 Å². The number of carbonyl (C=O) groups excluding carboxylic acids is 1. The molecule has 0 bridgehead atoms. The molecular formula is C134H127NO2Si. The smallest absolute Gasteiger partial charge is 0.164 e. The van der Waals surface area contributed by atoms with Gasteiger partial charge in [0.05, 0.1) is 10.8 Å². The number of carbonyl (C=O) groups is 1. The van der Waals surface area contributed by atoms with Crippen LogP contribution in [0.15, 0.2) is 309 Å². The molecule has 0 unspecified atom stereocenters. The topological polar surface area (TPSA) is 29.5 Å². The molecule has 4 aliphatic heterocycles. The Morgan fingerprint density at radius 2 is 0.616 bits per heavy atom. The summed E-state index contributed by atoms with van der Waals surface area (Å²) in [5.41, 5.74) is 59.7. The third-order valence-corrected chi connectivity index (χ3v) is 40.6. The van der Waals surface area contributed by atoms with E-state index in [1.807, 2.05) is 12.1 Å². The van der Waals surface area contributed by atoms with Crippen molar-refractivity contribution in [2.24, 2.45) is 0 Å². The molecule has 138 heavy (non-hydrogen) atoms. The third-order valence-electron chi connectivity index (χ3n) is 35.3. The molecule has 3 nitrogen and oxygen atoms in total. The van der Waals surface area contributed by atoms with Gasteiger partial charge in [0.15, 0.2) is 5.78 Å². The Kier molecular flexibility index (Phi) is 20.9. The number of aryl methyl sites for hydroxylation is 13. The number of nitrogens with zero attached hydrogens (tertiary/aromatic N) is 1. The van der Waals surface area contributed by atoms with Gasteiger partial charge in [0, 0.05) is 58.0 Å². The van der Waals surface area contributed by atoms with Crippen molar-refractivity contribution < 1.29 is 9.53 Å². The average Bonchev–Trinajstić information content (AvgIpc) is 1.50. The molecule has 0 atom stereocenters. The fourth-order valence-corrected chi connectivity index (χ4v) is 34.7. The lowest BCUT2D eigenvalue weighted by molar-refractivity contribution is 0.0984. The molecule has 1 saturated carbocycles. The summed E-state index contributed by atoms with van der Waals surface area (Å²) in [4.78, 5) is 15.4. The Balaban J connectivity index is 0.0000000903. The van der Waals surface area contributed by atoms with Crippen molar-refractivity contribution in [3.63, 3.8) is 0 Å². The first-order chi connectivity index (χ1) is 66.8. The van der Waals surface area contributed by atoms with Gasteiger partial charge in [-0.3, -0.25) is 4.79 Å². The van der Waals surface area contributed by atoms with Crippen LogP contribution in [0, 0.1) is 83.1 Å². The summed E-state index contributed by atoms with van der Waals surface area (Å²) in [6, 6.07) is 119. The second-order valence-electron chi connectivity index (χ2n) is 44.2. The van der Waals surface area contributed by atoms with Crippen molar-refractivity contribution in [2.45, 2.75) is 219 Å². The molecule has 4 heteroatoms. The number of ketones is 1. The van der Waals surface area contributed by atoms with E-state index in [9.17, 15) is 4.79 Å². The zero-order valence-corrected chi connectivity index (χ0v) is 84.2. The van der Waals surface area contributed by atoms with Crippen LogP contribution in [0.4, 0.5) is 5.69 Å². The number of rotatable bonds is 1. The van der Waals surface area contributed by atoms with E-state index >= 15 is 0 Å². The minimum atomic E-state index is -1.42. The number of hydrogen-bond acceptors (Lipinski definition) is 3. The van der Waals surface area contributed by atoms with Crippen molar-refractivity contribution in [1.82, 2.24) is 0 Å². The van der Waals surface area contributed by atoms with E-state index in [1.54, 1.807) is 66.0 Å². The predicted molar refractivity (Wildman–Crippen MR) is 578 cm³/mol. The second kappa shape index (κ2) is 32.8. The van der Waals surface area contributed by atoms with Crippen LogP contribution in [0.1, 0.15) is 251 Å². The number of anilines is 1. The third kappa shape index (κ3) is 13.2. The van der Waals surface area contributed by atoms with Gasteiger partial charge in [-0.15, -0.1) is 0 Å². The van der Waals surface area contributed by atoms with Gasteiger partial charge in [-0.25, -0.2) is 0 Å². The molecule has 0 N–H and O–H groups in total. The lowest BCUT2D eigenvalue weighted by Gasteiger charge is -2.42. The van der Waals surface area contributed by atoms with Crippen molar-refractivity contribution >= 4 is 29.9 Å². The molecule has 3 fully saturated rings. The Labute approximate surface area is 820 Å². The van der Waals surface area contributed by atoms with Gasteiger partial charge in [-0.05, 0) is 312 Å². The normalized spacial score (nSPS) is 17.6. The fraction of sp³-hybridized carbons (Fsp3) is 0.276. The highest BCUT2D eigenvalue weighted by atomic mass is 28.3. The van der Waals surface area contributed by atoms with E-state index in [0.717, 1.165) is 24.4 Å². The van der Waals surface area contributed by atoms with Crippen molar-refractivity contribution in [3.8, 4) is 72.5 Å². The monoisotopic (exact) mass is 1810 g/mol. The second-order valence-corrected chi connectivity index (χ2v) is 48.5. The number of para-hydroxylation sites is 2. The minimum Gasteiger partial charge on any atom is -0.492 e. The zero-order chi connectivity index (χ0) is 94.4. The average molecular weight is 1810 g/mol. The van der Waals surface area contributed by atoms with Crippen molar-refractivity contribution in [3.05, 3.63) is 471 Å². The fourth-order valence-electron chi connectivity index (χ4n) is 28.9. The maximum absolute atomic E-state index is 12.8. The van der Waals surface area contributed by atoms with Crippen LogP contribution in [0.25, 0.3) is 66.8 Å². The molecule has 4 heterocycles. The molecule has 0 aromatic heterocycles. The summed E-state index contributed by atoms with van der Waals surface area (Å²) >= 11 is 0. The van der Waals surface area contributed by atoms with Gasteiger partial charge in [0.25, 0.3) is 0 Å². The van der Waals surface area contributed by atoms with E-state index in [4.69, 9.17) is 4.74 Å². The van der Waals surface area contributed by atoms with E-state index in [0.29, 0.717) is 18.4 Å². The quantitative estimate of drug-likeness (QED) is 0.153. The van der Waals surface area contributed by atoms with Crippen LogP contribution in [0.5, 0.6) is 5.75 Å². The van der Waals surface area contributed by atoms with Crippen molar-refractivity contribution in [2.75, 3.05) is 24.6 Å². The number of fused-ring (bicyclic) bond motifs is 33. The van der Waals surface area contributed by atoms with E-state index < -0.39 is 8.07 Å². The van der Waals surface area contributed by atoms with Gasteiger partial charge in [0.2, 0.25) is 0 Å². The highest BCUT2D eigenvalue weighted by Gasteiger charge is 2.57. The van der Waals surface area contributed by atoms with Crippen molar-refractivity contribution in [1.29, 1.82) is 0 Å². The van der Waals surface area contributed by atoms with Gasteiger partial charge in [0.1, 0.15) is 20.4 Å². The Morgan fingerprint density at radius 3 is 1.07 bits per heavy atom. The lowest BCUT2D eigenvalue weighted by Crippen LogP contribution is -2.56. The van der Waals surface area contributed by atoms with E-state index in [2.05, 4.69) is 399 Å². The Morgan fingerprint density at radius 1 is 0.268 bits per heavy atom. The molecule has 16 aromatic rings. The van der Waals surface area contributed by atoms with Crippen LogP contribution in [-0.2, 0) is 38.9 Å². The summed E-state index contributed by atoms with van der Waals surface area (Å²) < 4.78 is 6.13. The van der Waals surface area contributed by atoms with Crippen LogP contribution in [0.2, 0.25) is 12.1 Å². The maximum atomic E-state index is 12.8. The van der Waals surface area contributed by atoms with E-state index in [-0.39, 0.29) is 32.9 Å². The number of hydrogen-bond donors (Lipinski definition) is 0. The van der Waals surface area contributed by atoms with Gasteiger partial charge < -0.3 is 9.64 Å². The molecular weight excluding hydrogens is 1680 g/mol. The first-order valence-corrected chi connectivity index (χ1v) is 53.9. The molecule has 9 aliphatic carbocycles. The number of ether oxygens (including phenoxy) is 1. The standard InChI is InChI=1S/C25H25N.C23H18O.C23H20.C22H18O.C22H24.C19H22Si/c1-18-8-10-21-22-11-9-19(2)17-24(22)25(23(21)16-18)12-14-26(15-13-25)20-6-4-3-5-7-20;1-14-7-9-16-17-10-8-15(2)12-21(17)23(20(16)11-14)13-22(24)18-5-3-4-6-19(18)23;1-15-7-9-18-19-10-8-16(2)14-22(19)23(21(18)13-15)12-11-17-5-3-4-6-20(17)23;1-14-7-9-16-17-10-8-15(2)12-20(17)22(19(16)11-14)13-23-21-6-4-3-5-18(21)22;1-13-9-15-19-17(11-13)22(7-5-6-8-22)18-12-14(2)10-16(20(18)19)21(15,3)4;1-14-6-8-16-17-9-7-15(2)13-19(17)20(18(16)12-14)10-4-3-5-11-20/h3-11,16-17H,12-15H2,1-2H3;3-12H,13H2,1-2H3;3-10,13-14H,11-12H2,1-2H3;3-12H,13H2,1-2H3;9-12H,5-8H2,1-4H3;6-9,12-13H,3-5,10-11H2,1-2H3. The van der Waals surface area contributed by atoms with Crippen LogP contribution in [-0.4, -0.2) is 33.6 Å². The first kappa shape index (κ1) is 87.8. The van der Waals surface area contributed by atoms with Crippen LogP contribution in [0.3, 0.4) is 0 Å². The molecule has 29 rings (SSSR count). The predicted octanol–water partition coefficient (Wildman–Crippen LogP) is 31.5. The molecule has 0 amide bonds. The summed E-state index contributed by atoms with van der Waals surface area (Å²) in [5, 5.41) is 3.50. The Hall–Kier alpha value is -13.0. The molecule has 0 radical (unpaired) electrons. The highest BCUT2D eigenvalue weighted by Crippen LogP contribution is 2.67. The summed E-state index contributed by atoms with van der Waals surface area (Å²) in [6.07, 6.45) is 15.1. The minimum absolute atomic E-state index is 0.0687. The molecule has 13 aliphatic rings. The summed E-state index contributed by atoms with van der Waals surface area (Å²) in [7, 11) is -1.42. The lowest BCUT2D eigenvalue weighted by atomic mass is 9.70. The maximum Gasteiger partial charge on any atom is 0.164 e. The van der Waals surface area contributed by atoms with Crippen LogP contribution >= 0.6 is 0 Å². The first-order valence-electron chi connectivity index (χ1n) is 51.5. The highest BCUT2D eigenvalue weighted by molar-refractivity contribution is 7.05. The Bertz CT molecular complexity index is 7270. The number of piperidine rings is 1. The molecule has 2 saturated heterocycles. The van der Waals surface area contributed by atoms with Crippen LogP contribution < -0.4 is 20.0 Å². The van der Waals surface area contributed by atoms with Gasteiger partial charge >= 0.3 is 0 Å². The molecule has 6 spiro atoms. The zero-order valence-electron chi connectivity index (χ0n) is 83.2.